The van der Waals surface area contributed by atoms with Gasteiger partial charge < -0.3 is 20.9 Å². The van der Waals surface area contributed by atoms with Crippen molar-refractivity contribution in [1.29, 1.82) is 0 Å². The van der Waals surface area contributed by atoms with Gasteiger partial charge in [0.15, 0.2) is 5.84 Å². The predicted molar refractivity (Wildman–Crippen MR) is 78.2 cm³/mol. The van der Waals surface area contributed by atoms with E-state index < -0.39 is 0 Å². The van der Waals surface area contributed by atoms with E-state index in [4.69, 9.17) is 16.0 Å². The summed E-state index contributed by atoms with van der Waals surface area (Å²) in [6, 6.07) is 1.93. The molecule has 0 aromatic carbocycles. The molecule has 4 N–H and O–H groups in total. The van der Waals surface area contributed by atoms with Gasteiger partial charge in [-0.15, -0.1) is 0 Å². The van der Waals surface area contributed by atoms with E-state index in [1.54, 1.807) is 0 Å². The molecule has 2 heterocycles. The molecular formula is C14H22N4O2. The fourth-order valence-corrected chi connectivity index (χ4v) is 2.86. The third kappa shape index (κ3) is 2.85. The smallest absolute Gasteiger partial charge is 0.174 e. The van der Waals surface area contributed by atoms with Crippen molar-refractivity contribution in [2.45, 2.75) is 26.7 Å². The van der Waals surface area contributed by atoms with Gasteiger partial charge in [-0.2, -0.15) is 0 Å². The van der Waals surface area contributed by atoms with E-state index in [1.807, 2.05) is 19.9 Å². The fraction of sp³-hybridized carbons (Fsp3) is 0.571. The van der Waals surface area contributed by atoms with Crippen LogP contribution >= 0.6 is 0 Å². The summed E-state index contributed by atoms with van der Waals surface area (Å²) in [4.78, 5) is 6.73. The van der Waals surface area contributed by atoms with Crippen molar-refractivity contribution in [2.24, 2.45) is 16.8 Å². The lowest BCUT2D eigenvalue weighted by Crippen LogP contribution is -2.27. The Hall–Kier alpha value is -1.82. The van der Waals surface area contributed by atoms with Crippen LogP contribution in [0, 0.1) is 19.8 Å². The maximum Gasteiger partial charge on any atom is 0.174 e. The molecule has 0 aliphatic carbocycles. The summed E-state index contributed by atoms with van der Waals surface area (Å²) in [6.45, 7) is 5.82. The lowest BCUT2D eigenvalue weighted by atomic mass is 10.1. The zero-order valence-electron chi connectivity index (χ0n) is 12.0. The van der Waals surface area contributed by atoms with Gasteiger partial charge in [0.05, 0.1) is 5.56 Å². The molecule has 20 heavy (non-hydrogen) atoms. The number of aliphatic hydroxyl groups excluding tert-OH is 1. The number of rotatable bonds is 4. The second-order valence-corrected chi connectivity index (χ2v) is 5.38. The van der Waals surface area contributed by atoms with Gasteiger partial charge in [-0.3, -0.25) is 0 Å². The molecule has 1 fully saturated rings. The lowest BCUT2D eigenvalue weighted by Gasteiger charge is -2.22. The molecule has 1 aliphatic heterocycles. The lowest BCUT2D eigenvalue weighted by molar-refractivity contribution is 0.263. The maximum absolute atomic E-state index is 9.05. The minimum Gasteiger partial charge on any atom is -0.409 e. The number of anilines is 1. The summed E-state index contributed by atoms with van der Waals surface area (Å²) in [5.74, 6) is 1.34. The molecule has 1 aromatic heterocycles. The second-order valence-electron chi connectivity index (χ2n) is 5.38. The van der Waals surface area contributed by atoms with Crippen molar-refractivity contribution >= 4 is 11.7 Å². The van der Waals surface area contributed by atoms with Gasteiger partial charge in [-0.05, 0) is 44.2 Å². The van der Waals surface area contributed by atoms with E-state index in [0.717, 1.165) is 43.0 Å². The van der Waals surface area contributed by atoms with Crippen LogP contribution in [-0.4, -0.2) is 40.8 Å². The molecule has 0 spiro atoms. The Bertz CT molecular complexity index is 516. The van der Waals surface area contributed by atoms with Crippen molar-refractivity contribution in [2.75, 3.05) is 24.6 Å². The van der Waals surface area contributed by atoms with Gasteiger partial charge in [-0.25, -0.2) is 4.98 Å². The third-order valence-electron chi connectivity index (χ3n) is 3.81. The van der Waals surface area contributed by atoms with Gasteiger partial charge in [0, 0.05) is 25.4 Å². The van der Waals surface area contributed by atoms with Crippen molar-refractivity contribution in [3.8, 4) is 0 Å². The number of aryl methyl sites for hydroxylation is 2. The number of hydrogen-bond donors (Lipinski definition) is 3. The highest BCUT2D eigenvalue weighted by Gasteiger charge is 2.26. The number of hydrogen-bond acceptors (Lipinski definition) is 5. The Kier molecular flexibility index (Phi) is 4.44. The summed E-state index contributed by atoms with van der Waals surface area (Å²) in [7, 11) is 0. The SMILES string of the molecule is Cc1cc(C)c(/C(N)=N/O)c(N2CCC(CCO)C2)n1. The Morgan fingerprint density at radius 1 is 1.55 bits per heavy atom. The average Bonchev–Trinajstić information content (AvgIpc) is 2.86. The Morgan fingerprint density at radius 2 is 2.30 bits per heavy atom. The zero-order valence-corrected chi connectivity index (χ0v) is 12.0. The largest absolute Gasteiger partial charge is 0.409 e. The molecule has 1 atom stereocenters. The van der Waals surface area contributed by atoms with Gasteiger partial charge in [0.2, 0.25) is 0 Å². The van der Waals surface area contributed by atoms with Crippen molar-refractivity contribution < 1.29 is 10.3 Å². The van der Waals surface area contributed by atoms with Crippen LogP contribution in [0.25, 0.3) is 0 Å². The minimum absolute atomic E-state index is 0.0932. The monoisotopic (exact) mass is 278 g/mol. The maximum atomic E-state index is 9.05. The molecule has 6 nitrogen and oxygen atoms in total. The Balaban J connectivity index is 2.36. The highest BCUT2D eigenvalue weighted by atomic mass is 16.4. The molecular weight excluding hydrogens is 256 g/mol. The van der Waals surface area contributed by atoms with Crippen LogP contribution in [0.5, 0.6) is 0 Å². The number of nitrogens with zero attached hydrogens (tertiary/aromatic N) is 3. The van der Waals surface area contributed by atoms with Crippen molar-refractivity contribution in [3.05, 3.63) is 22.9 Å². The molecule has 1 saturated heterocycles. The standard InChI is InChI=1S/C14H22N4O2/c1-9-7-10(2)16-14(12(9)13(15)17-20)18-5-3-11(8-18)4-6-19/h7,11,19-20H,3-6,8H2,1-2H3,(H2,15,17). The Labute approximate surface area is 118 Å². The summed E-state index contributed by atoms with van der Waals surface area (Å²) < 4.78 is 0. The quantitative estimate of drug-likeness (QED) is 0.330. The van der Waals surface area contributed by atoms with Crippen LogP contribution in [0.4, 0.5) is 5.82 Å². The average molecular weight is 278 g/mol. The number of oxime groups is 1. The number of pyridine rings is 1. The second kappa shape index (κ2) is 6.09. The molecule has 110 valence electrons. The topological polar surface area (TPSA) is 95.0 Å². The summed E-state index contributed by atoms with van der Waals surface area (Å²) in [6.07, 6.45) is 1.84. The van der Waals surface area contributed by atoms with Crippen molar-refractivity contribution in [1.82, 2.24) is 4.98 Å². The van der Waals surface area contributed by atoms with Gasteiger partial charge in [0.1, 0.15) is 5.82 Å². The molecule has 0 amide bonds. The van der Waals surface area contributed by atoms with Crippen LogP contribution in [-0.2, 0) is 0 Å². The van der Waals surface area contributed by atoms with E-state index in [-0.39, 0.29) is 12.4 Å². The molecule has 0 saturated carbocycles. The van der Waals surface area contributed by atoms with E-state index in [9.17, 15) is 0 Å². The van der Waals surface area contributed by atoms with Crippen LogP contribution in [0.2, 0.25) is 0 Å². The highest BCUT2D eigenvalue weighted by Crippen LogP contribution is 2.29. The molecule has 1 aromatic rings. The van der Waals surface area contributed by atoms with Crippen LogP contribution < -0.4 is 10.6 Å². The summed E-state index contributed by atoms with van der Waals surface area (Å²) in [5.41, 5.74) is 8.36. The number of aromatic nitrogens is 1. The Morgan fingerprint density at radius 3 is 2.95 bits per heavy atom. The number of nitrogens with two attached hydrogens (primary N) is 1. The van der Waals surface area contributed by atoms with E-state index >= 15 is 0 Å². The zero-order chi connectivity index (χ0) is 14.7. The normalized spacial score (nSPS) is 19.6. The van der Waals surface area contributed by atoms with Crippen LogP contribution in [0.3, 0.4) is 0 Å². The highest BCUT2D eigenvalue weighted by molar-refractivity contribution is 6.02. The fourth-order valence-electron chi connectivity index (χ4n) is 2.86. The van der Waals surface area contributed by atoms with E-state index in [2.05, 4.69) is 15.0 Å². The first-order valence-electron chi connectivity index (χ1n) is 6.88. The molecule has 6 heteroatoms. The molecule has 0 radical (unpaired) electrons. The third-order valence-corrected chi connectivity index (χ3v) is 3.81. The van der Waals surface area contributed by atoms with Gasteiger partial charge in [-0.1, -0.05) is 5.16 Å². The number of aliphatic hydroxyl groups is 1. The summed E-state index contributed by atoms with van der Waals surface area (Å²) in [5, 5.41) is 21.1. The predicted octanol–water partition coefficient (Wildman–Crippen LogP) is 1.00. The van der Waals surface area contributed by atoms with Gasteiger partial charge in [0.25, 0.3) is 0 Å². The molecule has 2 rings (SSSR count). The minimum atomic E-state index is 0.0932. The van der Waals surface area contributed by atoms with Crippen LogP contribution in [0.1, 0.15) is 29.7 Å². The molecule has 1 unspecified atom stereocenters. The molecule has 1 aliphatic rings. The summed E-state index contributed by atoms with van der Waals surface area (Å²) >= 11 is 0. The van der Waals surface area contributed by atoms with Crippen molar-refractivity contribution in [3.63, 3.8) is 0 Å². The molecule has 0 bridgehead atoms. The van der Waals surface area contributed by atoms with Gasteiger partial charge >= 0.3 is 0 Å². The van der Waals surface area contributed by atoms with E-state index in [1.165, 1.54) is 0 Å². The van der Waals surface area contributed by atoms with E-state index in [0.29, 0.717) is 11.5 Å². The number of amidine groups is 1. The first-order chi connectivity index (χ1) is 9.56. The van der Waals surface area contributed by atoms with Crippen LogP contribution in [0.15, 0.2) is 11.2 Å². The first-order valence-corrected chi connectivity index (χ1v) is 6.88. The first kappa shape index (κ1) is 14.6.